The number of nitrogens with zero attached hydrogens (tertiary/aromatic N) is 1. The van der Waals surface area contributed by atoms with E-state index in [2.05, 4.69) is 45.5 Å². The summed E-state index contributed by atoms with van der Waals surface area (Å²) in [6.07, 6.45) is 0.869. The van der Waals surface area contributed by atoms with Gasteiger partial charge in [0.05, 0.1) is 0 Å². The molecule has 2 aromatic rings. The molecule has 0 aliphatic carbocycles. The zero-order valence-corrected chi connectivity index (χ0v) is 14.4. The monoisotopic (exact) mass is 347 g/mol. The first-order valence-electron chi connectivity index (χ1n) is 8.11. The fraction of sp³-hybridized carbons (Fsp3) is 0.316. The van der Waals surface area contributed by atoms with Crippen LogP contribution in [0.3, 0.4) is 0 Å². The summed E-state index contributed by atoms with van der Waals surface area (Å²) in [5.74, 6) is 0.778. The molecule has 0 aromatic heterocycles. The summed E-state index contributed by atoms with van der Waals surface area (Å²) in [6, 6.07) is 15.0. The van der Waals surface area contributed by atoms with Gasteiger partial charge in [-0.2, -0.15) is 8.78 Å². The molecule has 4 nitrogen and oxygen atoms in total. The predicted molar refractivity (Wildman–Crippen MR) is 96.2 cm³/mol. The van der Waals surface area contributed by atoms with E-state index in [-0.39, 0.29) is 5.75 Å². The number of para-hydroxylation sites is 1. The van der Waals surface area contributed by atoms with Crippen molar-refractivity contribution in [2.24, 2.45) is 4.99 Å². The van der Waals surface area contributed by atoms with Crippen LogP contribution >= 0.6 is 0 Å². The van der Waals surface area contributed by atoms with E-state index in [0.29, 0.717) is 18.1 Å². The van der Waals surface area contributed by atoms with Crippen molar-refractivity contribution in [3.8, 4) is 5.75 Å². The molecule has 0 saturated heterocycles. The topological polar surface area (TPSA) is 45.7 Å². The largest absolute Gasteiger partial charge is 0.434 e. The van der Waals surface area contributed by atoms with Crippen LogP contribution in [-0.4, -0.2) is 26.2 Å². The van der Waals surface area contributed by atoms with Gasteiger partial charge in [0.15, 0.2) is 5.96 Å². The van der Waals surface area contributed by atoms with E-state index in [1.54, 1.807) is 25.2 Å². The predicted octanol–water partition coefficient (Wildman–Crippen LogP) is 3.50. The average Bonchev–Trinajstić information content (AvgIpc) is 2.58. The van der Waals surface area contributed by atoms with Crippen LogP contribution in [0, 0.1) is 6.92 Å². The number of alkyl halides is 2. The summed E-state index contributed by atoms with van der Waals surface area (Å²) in [7, 11) is 1.67. The Balaban J connectivity index is 1.84. The Kier molecular flexibility index (Phi) is 7.19. The second kappa shape index (κ2) is 9.61. The Morgan fingerprint density at radius 1 is 1.12 bits per heavy atom. The van der Waals surface area contributed by atoms with Gasteiger partial charge in [-0.3, -0.25) is 4.99 Å². The molecule has 2 aromatic carbocycles. The number of nitrogens with one attached hydrogen (secondary N) is 2. The van der Waals surface area contributed by atoms with Crippen molar-refractivity contribution in [3.05, 3.63) is 65.2 Å². The Morgan fingerprint density at radius 3 is 2.64 bits per heavy atom. The number of ether oxygens (including phenoxy) is 1. The third-order valence-electron chi connectivity index (χ3n) is 3.65. The highest BCUT2D eigenvalue weighted by atomic mass is 19.3. The zero-order valence-electron chi connectivity index (χ0n) is 14.4. The summed E-state index contributed by atoms with van der Waals surface area (Å²) < 4.78 is 29.4. The molecule has 0 bridgehead atoms. The summed E-state index contributed by atoms with van der Waals surface area (Å²) in [5.41, 5.74) is 3.12. The molecule has 2 rings (SSSR count). The fourth-order valence-electron chi connectivity index (χ4n) is 2.45. The zero-order chi connectivity index (χ0) is 18.1. The van der Waals surface area contributed by atoms with E-state index in [9.17, 15) is 8.78 Å². The van der Waals surface area contributed by atoms with Crippen molar-refractivity contribution >= 4 is 5.96 Å². The van der Waals surface area contributed by atoms with Gasteiger partial charge in [0, 0.05) is 25.7 Å². The maximum absolute atomic E-state index is 12.4. The van der Waals surface area contributed by atoms with Crippen LogP contribution in [0.5, 0.6) is 5.75 Å². The van der Waals surface area contributed by atoms with Gasteiger partial charge in [0.25, 0.3) is 0 Å². The van der Waals surface area contributed by atoms with Gasteiger partial charge in [-0.15, -0.1) is 0 Å². The van der Waals surface area contributed by atoms with Crippen LogP contribution in [0.2, 0.25) is 0 Å². The number of aryl methyl sites for hydroxylation is 1. The minimum absolute atomic E-state index is 0.167. The lowest BCUT2D eigenvalue weighted by atomic mass is 10.1. The molecule has 0 amide bonds. The van der Waals surface area contributed by atoms with E-state index in [1.165, 1.54) is 17.2 Å². The van der Waals surface area contributed by atoms with Gasteiger partial charge in [-0.1, -0.05) is 48.0 Å². The first-order valence-corrected chi connectivity index (χ1v) is 8.11. The molecule has 2 N–H and O–H groups in total. The number of halogens is 2. The molecule has 0 spiro atoms. The van der Waals surface area contributed by atoms with Crippen LogP contribution < -0.4 is 15.4 Å². The Bertz CT molecular complexity index is 705. The van der Waals surface area contributed by atoms with Gasteiger partial charge >= 0.3 is 6.61 Å². The van der Waals surface area contributed by atoms with Crippen molar-refractivity contribution in [1.82, 2.24) is 10.6 Å². The second-order valence-electron chi connectivity index (χ2n) is 5.58. The third kappa shape index (κ3) is 6.41. The number of guanidine groups is 1. The van der Waals surface area contributed by atoms with Gasteiger partial charge in [-0.25, -0.2) is 0 Å². The fourth-order valence-corrected chi connectivity index (χ4v) is 2.45. The first kappa shape index (κ1) is 18.7. The van der Waals surface area contributed by atoms with Gasteiger partial charge < -0.3 is 15.4 Å². The normalized spacial score (nSPS) is 11.5. The lowest BCUT2D eigenvalue weighted by molar-refractivity contribution is -0.0504. The number of hydrogen-bond donors (Lipinski definition) is 2. The van der Waals surface area contributed by atoms with E-state index >= 15 is 0 Å². The van der Waals surface area contributed by atoms with Crippen LogP contribution in [0.25, 0.3) is 0 Å². The van der Waals surface area contributed by atoms with Crippen molar-refractivity contribution in [1.29, 1.82) is 0 Å². The molecule has 0 radical (unpaired) electrons. The highest BCUT2D eigenvalue weighted by Crippen LogP contribution is 2.19. The summed E-state index contributed by atoms with van der Waals surface area (Å²) in [5, 5.41) is 6.33. The summed E-state index contributed by atoms with van der Waals surface area (Å²) in [6.45, 7) is 0.287. The van der Waals surface area contributed by atoms with E-state index in [0.717, 1.165) is 13.0 Å². The molecule has 25 heavy (non-hydrogen) atoms. The molecular weight excluding hydrogens is 324 g/mol. The number of aliphatic imine (C=N–C) groups is 1. The minimum atomic E-state index is -2.84. The molecule has 0 heterocycles. The highest BCUT2D eigenvalue weighted by molar-refractivity contribution is 5.79. The molecule has 0 saturated carbocycles. The van der Waals surface area contributed by atoms with E-state index in [1.807, 2.05) is 6.07 Å². The van der Waals surface area contributed by atoms with Gasteiger partial charge in [0.2, 0.25) is 0 Å². The molecule has 0 aliphatic heterocycles. The number of hydrogen-bond acceptors (Lipinski definition) is 2. The Hall–Kier alpha value is -2.63. The maximum Gasteiger partial charge on any atom is 0.387 e. The SMILES string of the molecule is CN=C(NCCc1cccc(C)c1)NCc1ccccc1OC(F)F. The second-order valence-corrected chi connectivity index (χ2v) is 5.58. The third-order valence-corrected chi connectivity index (χ3v) is 3.65. The van der Waals surface area contributed by atoms with Crippen molar-refractivity contribution in [2.75, 3.05) is 13.6 Å². The molecular formula is C19H23F2N3O. The standard InChI is InChI=1S/C19H23F2N3O/c1-14-6-5-7-15(12-14)10-11-23-19(22-2)24-13-16-8-3-4-9-17(16)25-18(20)21/h3-9,12,18H,10-11,13H2,1-2H3,(H2,22,23,24). The first-order chi connectivity index (χ1) is 12.1. The maximum atomic E-state index is 12.4. The van der Waals surface area contributed by atoms with E-state index < -0.39 is 6.61 Å². The summed E-state index contributed by atoms with van der Waals surface area (Å²) >= 11 is 0. The molecule has 6 heteroatoms. The van der Waals surface area contributed by atoms with Crippen LogP contribution in [0.4, 0.5) is 8.78 Å². The smallest absolute Gasteiger partial charge is 0.387 e. The minimum Gasteiger partial charge on any atom is -0.434 e. The molecule has 0 fully saturated rings. The van der Waals surface area contributed by atoms with Gasteiger partial charge in [0.1, 0.15) is 5.75 Å². The van der Waals surface area contributed by atoms with Crippen LogP contribution in [0.15, 0.2) is 53.5 Å². The van der Waals surface area contributed by atoms with Gasteiger partial charge in [-0.05, 0) is 25.0 Å². The molecule has 0 atom stereocenters. The van der Waals surface area contributed by atoms with Crippen molar-refractivity contribution in [2.45, 2.75) is 26.5 Å². The Morgan fingerprint density at radius 2 is 1.92 bits per heavy atom. The summed E-state index contributed by atoms with van der Waals surface area (Å²) in [4.78, 5) is 4.15. The quantitative estimate of drug-likeness (QED) is 0.595. The Labute approximate surface area is 146 Å². The van der Waals surface area contributed by atoms with Crippen LogP contribution in [-0.2, 0) is 13.0 Å². The number of rotatable bonds is 7. The lowest BCUT2D eigenvalue weighted by Crippen LogP contribution is -2.37. The highest BCUT2D eigenvalue weighted by Gasteiger charge is 2.09. The van der Waals surface area contributed by atoms with Crippen LogP contribution in [0.1, 0.15) is 16.7 Å². The van der Waals surface area contributed by atoms with Crippen molar-refractivity contribution in [3.63, 3.8) is 0 Å². The molecule has 134 valence electrons. The lowest BCUT2D eigenvalue weighted by Gasteiger charge is -2.14. The van der Waals surface area contributed by atoms with E-state index in [4.69, 9.17) is 0 Å². The molecule has 0 aliphatic rings. The van der Waals surface area contributed by atoms with Crippen molar-refractivity contribution < 1.29 is 13.5 Å². The number of benzene rings is 2. The molecule has 0 unspecified atom stereocenters. The average molecular weight is 347 g/mol.